The van der Waals surface area contributed by atoms with E-state index in [1.54, 1.807) is 42.7 Å². The predicted molar refractivity (Wildman–Crippen MR) is 98.4 cm³/mol. The lowest BCUT2D eigenvalue weighted by molar-refractivity contribution is 0.0860. The second-order valence-corrected chi connectivity index (χ2v) is 6.74. The molecule has 0 aliphatic heterocycles. The maximum Gasteiger partial charge on any atom is 0.225 e. The van der Waals surface area contributed by atoms with Gasteiger partial charge in [-0.25, -0.2) is 23.7 Å². The second-order valence-electron chi connectivity index (χ2n) is 6.74. The highest BCUT2D eigenvalue weighted by Gasteiger charge is 2.52. The summed E-state index contributed by atoms with van der Waals surface area (Å²) in [6.45, 7) is 0. The van der Waals surface area contributed by atoms with Crippen LogP contribution in [0.1, 0.15) is 24.2 Å². The summed E-state index contributed by atoms with van der Waals surface area (Å²) >= 11 is 0. The van der Waals surface area contributed by atoms with Crippen LogP contribution >= 0.6 is 0 Å². The van der Waals surface area contributed by atoms with Crippen LogP contribution in [0.4, 0.5) is 14.7 Å². The summed E-state index contributed by atoms with van der Waals surface area (Å²) in [5, 5.41) is 8.98. The largest absolute Gasteiger partial charge is 0.332 e. The highest BCUT2D eigenvalue weighted by Crippen LogP contribution is 2.48. The van der Waals surface area contributed by atoms with Crippen molar-refractivity contribution in [2.75, 3.05) is 11.9 Å². The van der Waals surface area contributed by atoms with E-state index in [4.69, 9.17) is 5.26 Å². The molecule has 0 unspecified atom stereocenters. The molecule has 0 spiro atoms. The SMILES string of the molecule is CN(c1ncc(-c2ccnc(C#N)c2)cn1)[C@]1(c2ncccc2F)C[C@H](F)C1. The topological polar surface area (TPSA) is 78.6 Å². The molecule has 3 aromatic heterocycles. The van der Waals surface area contributed by atoms with Gasteiger partial charge >= 0.3 is 0 Å². The number of aromatic nitrogens is 4. The van der Waals surface area contributed by atoms with Crippen LogP contribution in [0, 0.1) is 17.1 Å². The number of pyridine rings is 2. The molecule has 3 aromatic rings. The third-order valence-corrected chi connectivity index (χ3v) is 5.11. The number of rotatable bonds is 4. The minimum Gasteiger partial charge on any atom is -0.332 e. The standard InChI is InChI=1S/C20H16F2N6/c1-28(20(8-15(21)9-20)18-17(22)3-2-5-25-18)19-26-11-14(12-27-19)13-4-6-24-16(7-13)10-23/h2-7,11-12,15H,8-9H2,1H3/t15-,20+. The van der Waals surface area contributed by atoms with Crippen molar-refractivity contribution in [3.8, 4) is 17.2 Å². The lowest BCUT2D eigenvalue weighted by Gasteiger charge is -2.49. The van der Waals surface area contributed by atoms with Crippen molar-refractivity contribution in [1.29, 1.82) is 5.26 Å². The molecular formula is C20H16F2N6. The number of hydrogen-bond acceptors (Lipinski definition) is 6. The molecule has 0 amide bonds. The summed E-state index contributed by atoms with van der Waals surface area (Å²) in [5.74, 6) is -0.131. The van der Waals surface area contributed by atoms with Gasteiger partial charge in [-0.05, 0) is 29.8 Å². The van der Waals surface area contributed by atoms with Crippen molar-refractivity contribution in [3.63, 3.8) is 0 Å². The van der Waals surface area contributed by atoms with Gasteiger partial charge in [-0.1, -0.05) is 0 Å². The van der Waals surface area contributed by atoms with E-state index in [1.165, 1.54) is 18.3 Å². The van der Waals surface area contributed by atoms with E-state index in [2.05, 4.69) is 19.9 Å². The van der Waals surface area contributed by atoms with Crippen molar-refractivity contribution >= 4 is 5.95 Å². The Kier molecular flexibility index (Phi) is 4.43. The van der Waals surface area contributed by atoms with E-state index >= 15 is 0 Å². The summed E-state index contributed by atoms with van der Waals surface area (Å²) in [6, 6.07) is 8.22. The van der Waals surface area contributed by atoms with Gasteiger partial charge in [-0.3, -0.25) is 4.98 Å². The minimum atomic E-state index is -1.02. The fraction of sp³-hybridized carbons (Fsp3) is 0.250. The zero-order chi connectivity index (χ0) is 19.7. The fourth-order valence-corrected chi connectivity index (χ4v) is 3.53. The van der Waals surface area contributed by atoms with Gasteiger partial charge < -0.3 is 4.90 Å². The fourth-order valence-electron chi connectivity index (χ4n) is 3.53. The lowest BCUT2D eigenvalue weighted by atomic mass is 9.71. The third kappa shape index (κ3) is 2.95. The maximum atomic E-state index is 14.4. The lowest BCUT2D eigenvalue weighted by Crippen LogP contribution is -2.56. The Labute approximate surface area is 160 Å². The summed E-state index contributed by atoms with van der Waals surface area (Å²) in [7, 11) is 1.72. The average Bonchev–Trinajstić information content (AvgIpc) is 2.71. The molecule has 0 bridgehead atoms. The normalized spacial score (nSPS) is 20.9. The van der Waals surface area contributed by atoms with Crippen LogP contribution in [0.25, 0.3) is 11.1 Å². The number of halogens is 2. The molecule has 0 aromatic carbocycles. The smallest absolute Gasteiger partial charge is 0.225 e. The van der Waals surface area contributed by atoms with Gasteiger partial charge in [0.1, 0.15) is 29.4 Å². The van der Waals surface area contributed by atoms with E-state index in [0.29, 0.717) is 17.2 Å². The van der Waals surface area contributed by atoms with E-state index in [1.807, 2.05) is 6.07 Å². The van der Waals surface area contributed by atoms with Gasteiger partial charge in [0.05, 0.1) is 5.54 Å². The Morgan fingerprint density at radius 1 is 1.11 bits per heavy atom. The van der Waals surface area contributed by atoms with Gasteiger partial charge in [0.2, 0.25) is 5.95 Å². The summed E-state index contributed by atoms with van der Waals surface area (Å²) < 4.78 is 28.2. The quantitative estimate of drug-likeness (QED) is 0.692. The highest BCUT2D eigenvalue weighted by atomic mass is 19.1. The Morgan fingerprint density at radius 2 is 1.86 bits per heavy atom. The number of nitriles is 1. The van der Waals surface area contributed by atoms with Crippen LogP contribution in [-0.2, 0) is 5.54 Å². The van der Waals surface area contributed by atoms with E-state index < -0.39 is 17.5 Å². The predicted octanol–water partition coefficient (Wildman–Crippen LogP) is 3.41. The number of nitrogens with zero attached hydrogens (tertiary/aromatic N) is 6. The molecule has 0 saturated heterocycles. The molecule has 4 rings (SSSR count). The Morgan fingerprint density at radius 3 is 2.50 bits per heavy atom. The molecule has 140 valence electrons. The van der Waals surface area contributed by atoms with Gasteiger partial charge in [0.15, 0.2) is 0 Å². The molecule has 3 heterocycles. The van der Waals surface area contributed by atoms with Gasteiger partial charge in [-0.2, -0.15) is 5.26 Å². The molecule has 1 aliphatic carbocycles. The van der Waals surface area contributed by atoms with Gasteiger partial charge in [0.25, 0.3) is 0 Å². The first-order valence-corrected chi connectivity index (χ1v) is 8.71. The monoisotopic (exact) mass is 378 g/mol. The molecule has 1 aliphatic rings. The van der Waals surface area contributed by atoms with E-state index in [9.17, 15) is 8.78 Å². The molecule has 1 saturated carbocycles. The molecule has 0 N–H and O–H groups in total. The zero-order valence-electron chi connectivity index (χ0n) is 15.0. The average molecular weight is 378 g/mol. The molecule has 8 heteroatoms. The Hall–Kier alpha value is -3.47. The van der Waals surface area contributed by atoms with Crippen molar-refractivity contribution in [1.82, 2.24) is 19.9 Å². The van der Waals surface area contributed by atoms with Crippen LogP contribution in [0.2, 0.25) is 0 Å². The van der Waals surface area contributed by atoms with Crippen LogP contribution in [-0.4, -0.2) is 33.2 Å². The first-order valence-electron chi connectivity index (χ1n) is 8.71. The first-order chi connectivity index (χ1) is 13.5. The Balaban J connectivity index is 1.66. The second kappa shape index (κ2) is 6.93. The van der Waals surface area contributed by atoms with Crippen LogP contribution in [0.3, 0.4) is 0 Å². The van der Waals surface area contributed by atoms with E-state index in [0.717, 1.165) is 5.56 Å². The maximum absolute atomic E-state index is 14.4. The van der Waals surface area contributed by atoms with Crippen LogP contribution in [0.5, 0.6) is 0 Å². The molecule has 6 nitrogen and oxygen atoms in total. The summed E-state index contributed by atoms with van der Waals surface area (Å²) in [4.78, 5) is 18.5. The first kappa shape index (κ1) is 17.9. The minimum absolute atomic E-state index is 0.123. The van der Waals surface area contributed by atoms with Gasteiger partial charge in [0, 0.05) is 50.2 Å². The summed E-state index contributed by atoms with van der Waals surface area (Å²) in [5.41, 5.74) is 1.06. The van der Waals surface area contributed by atoms with Crippen molar-refractivity contribution < 1.29 is 8.78 Å². The number of alkyl halides is 1. The number of hydrogen-bond donors (Lipinski definition) is 0. The van der Waals surface area contributed by atoms with Crippen LogP contribution in [0.15, 0.2) is 49.1 Å². The highest BCUT2D eigenvalue weighted by molar-refractivity contribution is 5.63. The van der Waals surface area contributed by atoms with E-state index in [-0.39, 0.29) is 18.5 Å². The molecule has 1 fully saturated rings. The third-order valence-electron chi connectivity index (χ3n) is 5.11. The van der Waals surface area contributed by atoms with Crippen molar-refractivity contribution in [3.05, 3.63) is 66.3 Å². The summed E-state index contributed by atoms with van der Waals surface area (Å²) in [6.07, 6.45) is 5.50. The molecular weight excluding hydrogens is 362 g/mol. The van der Waals surface area contributed by atoms with Gasteiger partial charge in [-0.15, -0.1) is 0 Å². The van der Waals surface area contributed by atoms with Crippen LogP contribution < -0.4 is 4.90 Å². The molecule has 0 atom stereocenters. The molecule has 28 heavy (non-hydrogen) atoms. The van der Waals surface area contributed by atoms with Crippen molar-refractivity contribution in [2.24, 2.45) is 0 Å². The zero-order valence-corrected chi connectivity index (χ0v) is 15.0. The Bertz CT molecular complexity index is 1040. The number of anilines is 1. The van der Waals surface area contributed by atoms with Crippen molar-refractivity contribution in [2.45, 2.75) is 24.6 Å². The molecule has 0 radical (unpaired) electrons.